The fraction of sp³-hybridized carbons (Fsp3) is 0.294. The normalized spacial score (nSPS) is 10.4. The number of ether oxygens (including phenoxy) is 2. The first kappa shape index (κ1) is 14.3. The van der Waals surface area contributed by atoms with Gasteiger partial charge in [-0.3, -0.25) is 0 Å². The standard InChI is InChI=1S/C17H21NO2/c1-5-19-14-7-6-8-15(17(14)18)20-16-10-11(2)9-12(3)13(16)4/h6-10H,5,18H2,1-4H3. The number of hydrogen-bond donors (Lipinski definition) is 1. The Balaban J connectivity index is 2.38. The number of rotatable bonds is 4. The fourth-order valence-electron chi connectivity index (χ4n) is 2.12. The summed E-state index contributed by atoms with van der Waals surface area (Å²) in [5, 5.41) is 0. The van der Waals surface area contributed by atoms with E-state index in [9.17, 15) is 0 Å². The molecule has 0 aliphatic heterocycles. The largest absolute Gasteiger partial charge is 0.492 e. The predicted molar refractivity (Wildman–Crippen MR) is 82.8 cm³/mol. The minimum Gasteiger partial charge on any atom is -0.492 e. The van der Waals surface area contributed by atoms with E-state index >= 15 is 0 Å². The monoisotopic (exact) mass is 271 g/mol. The van der Waals surface area contributed by atoms with Gasteiger partial charge in [-0.05, 0) is 62.6 Å². The molecule has 0 amide bonds. The number of nitrogens with two attached hydrogens (primary N) is 1. The van der Waals surface area contributed by atoms with Crippen LogP contribution in [0.5, 0.6) is 17.2 Å². The van der Waals surface area contributed by atoms with Crippen LogP contribution in [-0.2, 0) is 0 Å². The molecule has 0 aliphatic carbocycles. The van der Waals surface area contributed by atoms with Crippen LogP contribution < -0.4 is 15.2 Å². The molecule has 0 spiro atoms. The van der Waals surface area contributed by atoms with Crippen LogP contribution in [0.4, 0.5) is 5.69 Å². The number of aryl methyl sites for hydroxylation is 2. The average Bonchev–Trinajstić information content (AvgIpc) is 2.40. The first-order valence-electron chi connectivity index (χ1n) is 6.80. The summed E-state index contributed by atoms with van der Waals surface area (Å²) in [4.78, 5) is 0. The quantitative estimate of drug-likeness (QED) is 0.839. The lowest BCUT2D eigenvalue weighted by molar-refractivity contribution is 0.340. The van der Waals surface area contributed by atoms with E-state index in [1.54, 1.807) is 0 Å². The number of para-hydroxylation sites is 1. The number of nitrogen functional groups attached to an aromatic ring is 1. The molecule has 0 fully saturated rings. The van der Waals surface area contributed by atoms with E-state index < -0.39 is 0 Å². The van der Waals surface area contributed by atoms with Crippen molar-refractivity contribution in [3.05, 3.63) is 47.0 Å². The number of anilines is 1. The molecular weight excluding hydrogens is 250 g/mol. The van der Waals surface area contributed by atoms with Crippen molar-refractivity contribution >= 4 is 5.69 Å². The van der Waals surface area contributed by atoms with Gasteiger partial charge in [-0.15, -0.1) is 0 Å². The molecule has 2 aromatic carbocycles. The molecule has 0 saturated carbocycles. The lowest BCUT2D eigenvalue weighted by Gasteiger charge is -2.15. The Morgan fingerprint density at radius 3 is 2.40 bits per heavy atom. The van der Waals surface area contributed by atoms with Crippen molar-refractivity contribution in [1.29, 1.82) is 0 Å². The van der Waals surface area contributed by atoms with Gasteiger partial charge < -0.3 is 15.2 Å². The molecule has 0 aromatic heterocycles. The maximum Gasteiger partial charge on any atom is 0.154 e. The van der Waals surface area contributed by atoms with E-state index in [4.69, 9.17) is 15.2 Å². The summed E-state index contributed by atoms with van der Waals surface area (Å²) in [6.45, 7) is 8.69. The van der Waals surface area contributed by atoms with Gasteiger partial charge in [-0.1, -0.05) is 12.1 Å². The van der Waals surface area contributed by atoms with Crippen molar-refractivity contribution in [1.82, 2.24) is 0 Å². The van der Waals surface area contributed by atoms with E-state index in [-0.39, 0.29) is 0 Å². The first-order chi connectivity index (χ1) is 9.52. The minimum atomic E-state index is 0.535. The van der Waals surface area contributed by atoms with Gasteiger partial charge in [0.05, 0.1) is 6.61 Å². The van der Waals surface area contributed by atoms with Crippen molar-refractivity contribution in [3.63, 3.8) is 0 Å². The Bertz CT molecular complexity index is 621. The predicted octanol–water partition coefficient (Wildman–Crippen LogP) is 4.39. The second-order valence-corrected chi connectivity index (χ2v) is 4.91. The molecule has 0 atom stereocenters. The maximum atomic E-state index is 6.09. The molecule has 20 heavy (non-hydrogen) atoms. The summed E-state index contributed by atoms with van der Waals surface area (Å²) in [6.07, 6.45) is 0. The van der Waals surface area contributed by atoms with Gasteiger partial charge in [0.15, 0.2) is 5.75 Å². The molecule has 0 aliphatic rings. The Hall–Kier alpha value is -2.16. The smallest absolute Gasteiger partial charge is 0.154 e. The van der Waals surface area contributed by atoms with Crippen LogP contribution in [0.3, 0.4) is 0 Å². The number of hydrogen-bond acceptors (Lipinski definition) is 3. The molecule has 3 heteroatoms. The summed E-state index contributed by atoms with van der Waals surface area (Å²) in [5.74, 6) is 2.12. The van der Waals surface area contributed by atoms with Crippen LogP contribution in [-0.4, -0.2) is 6.61 Å². The Morgan fingerprint density at radius 2 is 1.70 bits per heavy atom. The van der Waals surface area contributed by atoms with Crippen LogP contribution >= 0.6 is 0 Å². The summed E-state index contributed by atoms with van der Waals surface area (Å²) >= 11 is 0. The van der Waals surface area contributed by atoms with Crippen LogP contribution in [0.25, 0.3) is 0 Å². The highest BCUT2D eigenvalue weighted by atomic mass is 16.5. The highest BCUT2D eigenvalue weighted by molar-refractivity contribution is 5.64. The Kier molecular flexibility index (Phi) is 4.18. The van der Waals surface area contributed by atoms with E-state index in [0.717, 1.165) is 11.3 Å². The molecule has 0 saturated heterocycles. The second kappa shape index (κ2) is 5.87. The third-order valence-corrected chi connectivity index (χ3v) is 3.31. The van der Waals surface area contributed by atoms with Crippen molar-refractivity contribution in [2.24, 2.45) is 0 Å². The lowest BCUT2D eigenvalue weighted by Crippen LogP contribution is -2.00. The van der Waals surface area contributed by atoms with Crippen LogP contribution in [0.15, 0.2) is 30.3 Å². The lowest BCUT2D eigenvalue weighted by atomic mass is 10.1. The summed E-state index contributed by atoms with van der Waals surface area (Å²) in [7, 11) is 0. The molecule has 0 unspecified atom stereocenters. The van der Waals surface area contributed by atoms with Gasteiger partial charge in [0.25, 0.3) is 0 Å². The molecule has 106 valence electrons. The second-order valence-electron chi connectivity index (χ2n) is 4.91. The van der Waals surface area contributed by atoms with Crippen LogP contribution in [0.2, 0.25) is 0 Å². The van der Waals surface area contributed by atoms with Crippen molar-refractivity contribution < 1.29 is 9.47 Å². The van der Waals surface area contributed by atoms with E-state index in [1.165, 1.54) is 11.1 Å². The van der Waals surface area contributed by atoms with E-state index in [0.29, 0.717) is 23.8 Å². The van der Waals surface area contributed by atoms with Gasteiger partial charge in [-0.2, -0.15) is 0 Å². The molecule has 2 aromatic rings. The maximum absolute atomic E-state index is 6.09. The molecule has 0 radical (unpaired) electrons. The van der Waals surface area contributed by atoms with Crippen molar-refractivity contribution in [2.45, 2.75) is 27.7 Å². The van der Waals surface area contributed by atoms with Gasteiger partial charge in [0, 0.05) is 0 Å². The zero-order valence-corrected chi connectivity index (χ0v) is 12.5. The zero-order valence-electron chi connectivity index (χ0n) is 12.5. The third kappa shape index (κ3) is 2.87. The number of benzene rings is 2. The van der Waals surface area contributed by atoms with E-state index in [2.05, 4.69) is 19.9 Å². The topological polar surface area (TPSA) is 44.5 Å². The van der Waals surface area contributed by atoms with Crippen molar-refractivity contribution in [3.8, 4) is 17.2 Å². The van der Waals surface area contributed by atoms with Gasteiger partial charge in [-0.25, -0.2) is 0 Å². The van der Waals surface area contributed by atoms with Crippen molar-refractivity contribution in [2.75, 3.05) is 12.3 Å². The fourth-order valence-corrected chi connectivity index (χ4v) is 2.12. The minimum absolute atomic E-state index is 0.535. The summed E-state index contributed by atoms with van der Waals surface area (Å²) < 4.78 is 11.5. The Labute approximate surface area is 120 Å². The molecule has 0 heterocycles. The molecule has 3 nitrogen and oxygen atoms in total. The zero-order chi connectivity index (χ0) is 14.7. The molecule has 2 N–H and O–H groups in total. The molecule has 2 rings (SSSR count). The molecular formula is C17H21NO2. The summed E-state index contributed by atoms with van der Waals surface area (Å²) in [6, 6.07) is 9.75. The van der Waals surface area contributed by atoms with Crippen LogP contribution in [0.1, 0.15) is 23.6 Å². The highest BCUT2D eigenvalue weighted by Crippen LogP contribution is 2.36. The van der Waals surface area contributed by atoms with E-state index in [1.807, 2.05) is 38.1 Å². The first-order valence-corrected chi connectivity index (χ1v) is 6.80. The SMILES string of the molecule is CCOc1cccc(Oc2cc(C)cc(C)c2C)c1N. The molecule has 0 bridgehead atoms. The van der Waals surface area contributed by atoms with Gasteiger partial charge in [0.1, 0.15) is 17.2 Å². The average molecular weight is 271 g/mol. The van der Waals surface area contributed by atoms with Gasteiger partial charge in [0.2, 0.25) is 0 Å². The Morgan fingerprint density at radius 1 is 1.00 bits per heavy atom. The third-order valence-electron chi connectivity index (χ3n) is 3.31. The van der Waals surface area contributed by atoms with Crippen LogP contribution in [0, 0.1) is 20.8 Å². The van der Waals surface area contributed by atoms with Gasteiger partial charge >= 0.3 is 0 Å². The summed E-state index contributed by atoms with van der Waals surface area (Å²) in [5.41, 5.74) is 10.1. The highest BCUT2D eigenvalue weighted by Gasteiger charge is 2.10.